The van der Waals surface area contributed by atoms with E-state index in [2.05, 4.69) is 10.6 Å². The molecular formula is C21H24N2O5. The highest BCUT2D eigenvalue weighted by molar-refractivity contribution is 6.02. The lowest BCUT2D eigenvalue weighted by molar-refractivity contribution is -0.118. The van der Waals surface area contributed by atoms with Gasteiger partial charge >= 0.3 is 0 Å². The zero-order valence-corrected chi connectivity index (χ0v) is 16.2. The van der Waals surface area contributed by atoms with Crippen molar-refractivity contribution in [2.45, 2.75) is 26.8 Å². The third-order valence-electron chi connectivity index (χ3n) is 4.31. The zero-order valence-electron chi connectivity index (χ0n) is 16.2. The number of carbonyl (C=O) groups excluding carboxylic acids is 2. The van der Waals surface area contributed by atoms with E-state index in [9.17, 15) is 9.59 Å². The van der Waals surface area contributed by atoms with Crippen molar-refractivity contribution >= 4 is 17.5 Å². The van der Waals surface area contributed by atoms with Gasteiger partial charge < -0.3 is 24.8 Å². The average Bonchev–Trinajstić information content (AvgIpc) is 3.14. The second kappa shape index (κ2) is 8.65. The summed E-state index contributed by atoms with van der Waals surface area (Å²) in [5, 5.41) is 5.65. The van der Waals surface area contributed by atoms with Gasteiger partial charge in [-0.3, -0.25) is 9.59 Å². The van der Waals surface area contributed by atoms with Crippen molar-refractivity contribution in [3.63, 3.8) is 0 Å². The Kier molecular flexibility index (Phi) is 6.03. The monoisotopic (exact) mass is 384 g/mol. The van der Waals surface area contributed by atoms with E-state index < -0.39 is 6.04 Å². The van der Waals surface area contributed by atoms with E-state index in [-0.39, 0.29) is 24.5 Å². The fraction of sp³-hybridized carbons (Fsp3) is 0.333. The molecule has 0 radical (unpaired) electrons. The molecule has 1 heterocycles. The van der Waals surface area contributed by atoms with E-state index in [1.54, 1.807) is 42.5 Å². The molecule has 28 heavy (non-hydrogen) atoms. The predicted molar refractivity (Wildman–Crippen MR) is 105 cm³/mol. The maximum atomic E-state index is 12.8. The quantitative estimate of drug-likeness (QED) is 0.766. The van der Waals surface area contributed by atoms with Crippen LogP contribution in [0.4, 0.5) is 5.69 Å². The Morgan fingerprint density at radius 3 is 2.61 bits per heavy atom. The summed E-state index contributed by atoms with van der Waals surface area (Å²) < 4.78 is 16.1. The van der Waals surface area contributed by atoms with Crippen LogP contribution in [-0.2, 0) is 4.79 Å². The first-order valence-electron chi connectivity index (χ1n) is 9.22. The number of rotatable bonds is 7. The highest BCUT2D eigenvalue weighted by Crippen LogP contribution is 2.34. The molecule has 0 saturated carbocycles. The maximum absolute atomic E-state index is 12.8. The fourth-order valence-electron chi connectivity index (χ4n) is 2.88. The number of benzene rings is 2. The first-order chi connectivity index (χ1) is 13.5. The van der Waals surface area contributed by atoms with Crippen LogP contribution in [0.25, 0.3) is 0 Å². The van der Waals surface area contributed by atoms with Gasteiger partial charge in [0.15, 0.2) is 11.5 Å². The van der Waals surface area contributed by atoms with Crippen LogP contribution in [0.5, 0.6) is 17.2 Å². The number of hydrogen-bond donors (Lipinski definition) is 2. The summed E-state index contributed by atoms with van der Waals surface area (Å²) in [5.41, 5.74) is 0.967. The molecule has 1 aliphatic rings. The third-order valence-corrected chi connectivity index (χ3v) is 4.31. The van der Waals surface area contributed by atoms with E-state index in [4.69, 9.17) is 14.2 Å². The molecule has 0 unspecified atom stereocenters. The third kappa shape index (κ3) is 4.36. The number of hydrogen-bond acceptors (Lipinski definition) is 5. The minimum absolute atomic E-state index is 0.114. The molecule has 0 aromatic heterocycles. The lowest BCUT2D eigenvalue weighted by Crippen LogP contribution is -2.47. The topological polar surface area (TPSA) is 85.9 Å². The van der Waals surface area contributed by atoms with Gasteiger partial charge in [-0.05, 0) is 37.1 Å². The standard InChI is InChI=1S/C21H24N2O5/c1-4-26-16-8-6-5-7-15(16)20(24)23-19(13(2)3)21(25)22-14-9-10-17-18(11-14)28-12-27-17/h5-11,13,19H,4,12H2,1-3H3,(H,22,25)(H,23,24)/t19-/m1/s1. The number of anilines is 1. The first kappa shape index (κ1) is 19.5. The molecule has 0 bridgehead atoms. The largest absolute Gasteiger partial charge is 0.493 e. The van der Waals surface area contributed by atoms with E-state index in [0.717, 1.165) is 0 Å². The minimum atomic E-state index is -0.715. The number of nitrogens with one attached hydrogen (secondary N) is 2. The molecule has 2 aromatic rings. The number of amides is 2. The molecule has 2 amide bonds. The zero-order chi connectivity index (χ0) is 20.1. The van der Waals surface area contributed by atoms with Crippen LogP contribution >= 0.6 is 0 Å². The van der Waals surface area contributed by atoms with Gasteiger partial charge in [-0.15, -0.1) is 0 Å². The summed E-state index contributed by atoms with van der Waals surface area (Å²) in [7, 11) is 0. The number of carbonyl (C=O) groups is 2. The van der Waals surface area contributed by atoms with E-state index in [1.165, 1.54) is 0 Å². The molecule has 3 rings (SSSR count). The van der Waals surface area contributed by atoms with Gasteiger partial charge in [0.2, 0.25) is 12.7 Å². The Morgan fingerprint density at radius 1 is 1.11 bits per heavy atom. The Balaban J connectivity index is 1.72. The van der Waals surface area contributed by atoms with E-state index in [0.29, 0.717) is 35.1 Å². The molecule has 0 fully saturated rings. The molecule has 0 spiro atoms. The SMILES string of the molecule is CCOc1ccccc1C(=O)N[C@@H](C(=O)Nc1ccc2c(c1)OCO2)C(C)C. The summed E-state index contributed by atoms with van der Waals surface area (Å²) in [6.45, 7) is 6.21. The molecule has 0 saturated heterocycles. The van der Waals surface area contributed by atoms with Crippen LogP contribution in [0.3, 0.4) is 0 Å². The van der Waals surface area contributed by atoms with Crippen LogP contribution in [0.15, 0.2) is 42.5 Å². The molecule has 7 heteroatoms. The Bertz CT molecular complexity index is 866. The Morgan fingerprint density at radius 2 is 1.86 bits per heavy atom. The maximum Gasteiger partial charge on any atom is 0.255 e. The number of para-hydroxylation sites is 1. The van der Waals surface area contributed by atoms with Crippen LogP contribution in [0, 0.1) is 5.92 Å². The van der Waals surface area contributed by atoms with Crippen LogP contribution in [0.1, 0.15) is 31.1 Å². The van der Waals surface area contributed by atoms with E-state index in [1.807, 2.05) is 20.8 Å². The Labute approximate surface area is 164 Å². The summed E-state index contributed by atoms with van der Waals surface area (Å²) in [5.74, 6) is 0.922. The van der Waals surface area contributed by atoms with Crippen molar-refractivity contribution in [1.82, 2.24) is 5.32 Å². The molecule has 2 N–H and O–H groups in total. The summed E-state index contributed by atoms with van der Waals surface area (Å²) in [4.78, 5) is 25.6. The van der Waals surface area contributed by atoms with Gasteiger partial charge in [-0.2, -0.15) is 0 Å². The van der Waals surface area contributed by atoms with Crippen molar-refractivity contribution in [3.05, 3.63) is 48.0 Å². The van der Waals surface area contributed by atoms with Crippen LogP contribution < -0.4 is 24.8 Å². The molecule has 2 aromatic carbocycles. The van der Waals surface area contributed by atoms with Crippen molar-refractivity contribution in [2.24, 2.45) is 5.92 Å². The van der Waals surface area contributed by atoms with Crippen molar-refractivity contribution in [3.8, 4) is 17.2 Å². The molecule has 7 nitrogen and oxygen atoms in total. The molecule has 148 valence electrons. The highest BCUT2D eigenvalue weighted by atomic mass is 16.7. The number of ether oxygens (including phenoxy) is 3. The van der Waals surface area contributed by atoms with Crippen molar-refractivity contribution in [2.75, 3.05) is 18.7 Å². The van der Waals surface area contributed by atoms with Crippen molar-refractivity contribution in [1.29, 1.82) is 0 Å². The van der Waals surface area contributed by atoms with Gasteiger partial charge in [0.05, 0.1) is 12.2 Å². The summed E-state index contributed by atoms with van der Waals surface area (Å²) in [6.07, 6.45) is 0. The van der Waals surface area contributed by atoms with Crippen LogP contribution in [-0.4, -0.2) is 31.3 Å². The predicted octanol–water partition coefficient (Wildman–Crippen LogP) is 3.21. The van der Waals surface area contributed by atoms with Crippen molar-refractivity contribution < 1.29 is 23.8 Å². The van der Waals surface area contributed by atoms with Gasteiger partial charge in [-0.25, -0.2) is 0 Å². The first-order valence-corrected chi connectivity index (χ1v) is 9.22. The lowest BCUT2D eigenvalue weighted by atomic mass is 10.0. The fourth-order valence-corrected chi connectivity index (χ4v) is 2.88. The van der Waals surface area contributed by atoms with Crippen LogP contribution in [0.2, 0.25) is 0 Å². The lowest BCUT2D eigenvalue weighted by Gasteiger charge is -2.22. The van der Waals surface area contributed by atoms with Gasteiger partial charge in [0.1, 0.15) is 11.8 Å². The normalized spacial score (nSPS) is 13.1. The second-order valence-electron chi connectivity index (χ2n) is 6.68. The highest BCUT2D eigenvalue weighted by Gasteiger charge is 2.26. The minimum Gasteiger partial charge on any atom is -0.493 e. The average molecular weight is 384 g/mol. The smallest absolute Gasteiger partial charge is 0.255 e. The van der Waals surface area contributed by atoms with Gasteiger partial charge in [0, 0.05) is 11.8 Å². The van der Waals surface area contributed by atoms with Gasteiger partial charge in [0.25, 0.3) is 5.91 Å². The summed E-state index contributed by atoms with van der Waals surface area (Å²) >= 11 is 0. The second-order valence-corrected chi connectivity index (χ2v) is 6.68. The van der Waals surface area contributed by atoms with E-state index >= 15 is 0 Å². The number of fused-ring (bicyclic) bond motifs is 1. The molecule has 1 atom stereocenters. The molecular weight excluding hydrogens is 360 g/mol. The summed E-state index contributed by atoms with van der Waals surface area (Å²) in [6, 6.07) is 11.4. The van der Waals surface area contributed by atoms with Gasteiger partial charge in [-0.1, -0.05) is 26.0 Å². The molecule has 0 aliphatic carbocycles. The molecule has 1 aliphatic heterocycles. The Hall–Kier alpha value is -3.22.